The van der Waals surface area contributed by atoms with Crippen LogP contribution in [0.3, 0.4) is 0 Å². The molecule has 0 saturated carbocycles. The monoisotopic (exact) mass is 518 g/mol. The highest BCUT2D eigenvalue weighted by Gasteiger charge is 2.23. The lowest BCUT2D eigenvalue weighted by Gasteiger charge is -2.12. The number of benzene rings is 3. The summed E-state index contributed by atoms with van der Waals surface area (Å²) in [5.41, 5.74) is 1.83. The maximum absolute atomic E-state index is 13.2. The molecule has 182 valence electrons. The van der Waals surface area contributed by atoms with E-state index < -0.39 is 24.8 Å². The average Bonchev–Trinajstić information content (AvgIpc) is 3.32. The number of hydrogen-bond donors (Lipinski definition) is 0. The third kappa shape index (κ3) is 4.85. The van der Waals surface area contributed by atoms with Crippen molar-refractivity contribution in [2.75, 3.05) is 14.1 Å². The zero-order valence-electron chi connectivity index (χ0n) is 19.5. The molecule has 0 radical (unpaired) electrons. The third-order valence-corrected chi connectivity index (χ3v) is 8.88. The Kier molecular flexibility index (Phi) is 6.90. The van der Waals surface area contributed by atoms with E-state index in [1.165, 1.54) is 44.4 Å². The topological polar surface area (TPSA) is 113 Å². The van der Waals surface area contributed by atoms with Crippen LogP contribution in [0, 0.1) is 11.3 Å². The summed E-state index contributed by atoms with van der Waals surface area (Å²) in [6.07, 6.45) is 2.87. The number of sulfone groups is 1. The summed E-state index contributed by atoms with van der Waals surface area (Å²) in [7, 11) is -4.93. The summed E-state index contributed by atoms with van der Waals surface area (Å²) in [6, 6.07) is 24.9. The minimum absolute atomic E-state index is 0.00567. The van der Waals surface area contributed by atoms with Crippen LogP contribution in [0.5, 0.6) is 0 Å². The Balaban J connectivity index is 1.93. The molecule has 0 spiro atoms. The van der Waals surface area contributed by atoms with Gasteiger partial charge < -0.3 is 0 Å². The van der Waals surface area contributed by atoms with Gasteiger partial charge in [0.2, 0.25) is 19.9 Å². The van der Waals surface area contributed by atoms with E-state index in [-0.39, 0.29) is 9.79 Å². The highest BCUT2D eigenvalue weighted by atomic mass is 32.2. The second-order valence-corrected chi connectivity index (χ2v) is 12.0. The molecule has 0 amide bonds. The van der Waals surface area contributed by atoms with Crippen molar-refractivity contribution in [1.82, 2.24) is 14.1 Å². The van der Waals surface area contributed by atoms with Crippen LogP contribution in [0.15, 0.2) is 106 Å². The maximum atomic E-state index is 13.2. The number of hydrogen-bond acceptors (Lipinski definition) is 6. The number of allylic oxidation sites excluding steroid dienone is 1. The van der Waals surface area contributed by atoms with Gasteiger partial charge in [0.05, 0.1) is 15.5 Å². The van der Waals surface area contributed by atoms with Gasteiger partial charge in [0.1, 0.15) is 16.7 Å². The van der Waals surface area contributed by atoms with Gasteiger partial charge in [-0.2, -0.15) is 10.4 Å². The van der Waals surface area contributed by atoms with Crippen molar-refractivity contribution in [3.8, 4) is 23.0 Å². The van der Waals surface area contributed by atoms with Crippen LogP contribution in [0.1, 0.15) is 5.56 Å². The highest BCUT2D eigenvalue weighted by Crippen LogP contribution is 2.30. The Morgan fingerprint density at radius 1 is 0.889 bits per heavy atom. The van der Waals surface area contributed by atoms with Crippen molar-refractivity contribution in [2.24, 2.45) is 0 Å². The first kappa shape index (κ1) is 25.1. The quantitative estimate of drug-likeness (QED) is 0.340. The van der Waals surface area contributed by atoms with Crippen molar-refractivity contribution in [1.29, 1.82) is 5.26 Å². The molecule has 36 heavy (non-hydrogen) atoms. The fraction of sp³-hybridized carbons (Fsp3) is 0.0769. The SMILES string of the molecule is CN(C)S(=O)(=O)c1cccc(-c2nn(-c3ccccc3)cc2/C=C(/C#N)S(=O)(=O)c2ccccc2)c1. The van der Waals surface area contributed by atoms with E-state index >= 15 is 0 Å². The molecule has 0 aliphatic rings. The third-order valence-electron chi connectivity index (χ3n) is 5.39. The standard InChI is InChI=1S/C26H22N4O4S2/c1-29(2)36(33,34)24-15-9-10-20(16-24)26-21(19-30(28-26)22-11-5-3-6-12-22)17-25(18-27)35(31,32)23-13-7-4-8-14-23/h3-17,19H,1-2H3/b25-17-. The molecule has 0 aliphatic heterocycles. The van der Waals surface area contributed by atoms with Crippen LogP contribution in [0.2, 0.25) is 0 Å². The second kappa shape index (κ2) is 9.91. The van der Waals surface area contributed by atoms with E-state index in [4.69, 9.17) is 0 Å². The number of nitriles is 1. The number of aromatic nitrogens is 2. The molecular weight excluding hydrogens is 496 g/mol. The van der Waals surface area contributed by atoms with E-state index in [0.29, 0.717) is 22.5 Å². The van der Waals surface area contributed by atoms with Gasteiger partial charge in [0.15, 0.2) is 0 Å². The largest absolute Gasteiger partial charge is 0.242 e. The first-order valence-electron chi connectivity index (χ1n) is 10.7. The summed E-state index contributed by atoms with van der Waals surface area (Å²) < 4.78 is 54.4. The van der Waals surface area contributed by atoms with Crippen LogP contribution in [0.25, 0.3) is 23.0 Å². The van der Waals surface area contributed by atoms with Gasteiger partial charge in [-0.25, -0.2) is 25.8 Å². The normalized spacial score (nSPS) is 12.4. The molecular formula is C26H22N4O4S2. The lowest BCUT2D eigenvalue weighted by Crippen LogP contribution is -2.22. The maximum Gasteiger partial charge on any atom is 0.242 e. The molecule has 8 nitrogen and oxygen atoms in total. The molecule has 0 bridgehead atoms. The number of nitrogens with zero attached hydrogens (tertiary/aromatic N) is 4. The molecule has 1 heterocycles. The van der Waals surface area contributed by atoms with Gasteiger partial charge in [-0.3, -0.25) is 0 Å². The lowest BCUT2D eigenvalue weighted by molar-refractivity contribution is 0.521. The molecule has 0 saturated heterocycles. The van der Waals surface area contributed by atoms with E-state index in [9.17, 15) is 22.1 Å². The zero-order chi connectivity index (χ0) is 25.9. The molecule has 4 aromatic rings. The molecule has 0 N–H and O–H groups in total. The van der Waals surface area contributed by atoms with Crippen LogP contribution >= 0.6 is 0 Å². The van der Waals surface area contributed by atoms with Crippen molar-refractivity contribution in [2.45, 2.75) is 9.79 Å². The second-order valence-electron chi connectivity index (χ2n) is 7.97. The summed E-state index contributed by atoms with van der Waals surface area (Å²) >= 11 is 0. The van der Waals surface area contributed by atoms with Gasteiger partial charge in [-0.15, -0.1) is 0 Å². The van der Waals surface area contributed by atoms with E-state index in [1.54, 1.807) is 47.3 Å². The average molecular weight is 519 g/mol. The fourth-order valence-electron chi connectivity index (χ4n) is 3.48. The summed E-state index contributed by atoms with van der Waals surface area (Å²) in [5.74, 6) is 0. The van der Waals surface area contributed by atoms with Gasteiger partial charge in [-0.05, 0) is 42.5 Å². The van der Waals surface area contributed by atoms with Gasteiger partial charge in [-0.1, -0.05) is 48.5 Å². The zero-order valence-corrected chi connectivity index (χ0v) is 21.1. The molecule has 0 unspecified atom stereocenters. The van der Waals surface area contributed by atoms with Crippen LogP contribution in [-0.4, -0.2) is 45.0 Å². The van der Waals surface area contributed by atoms with E-state index in [0.717, 1.165) is 4.31 Å². The molecule has 0 atom stereocenters. The van der Waals surface area contributed by atoms with Crippen molar-refractivity contribution in [3.63, 3.8) is 0 Å². The number of para-hydroxylation sites is 1. The van der Waals surface area contributed by atoms with Crippen LogP contribution < -0.4 is 0 Å². The predicted octanol–water partition coefficient (Wildman–Crippen LogP) is 4.13. The Morgan fingerprint density at radius 3 is 2.11 bits per heavy atom. The summed E-state index contributed by atoms with van der Waals surface area (Å²) in [5, 5.41) is 14.4. The molecule has 0 aliphatic carbocycles. The smallest absolute Gasteiger partial charge is 0.240 e. The Hall–Kier alpha value is -4.04. The molecule has 3 aromatic carbocycles. The summed E-state index contributed by atoms with van der Waals surface area (Å²) in [6.45, 7) is 0. The first-order chi connectivity index (χ1) is 17.1. The lowest BCUT2D eigenvalue weighted by atomic mass is 10.1. The Bertz CT molecular complexity index is 1690. The van der Waals surface area contributed by atoms with E-state index in [2.05, 4.69) is 5.10 Å². The van der Waals surface area contributed by atoms with Crippen molar-refractivity contribution in [3.05, 3.63) is 102 Å². The van der Waals surface area contributed by atoms with Gasteiger partial charge in [0, 0.05) is 31.4 Å². The minimum Gasteiger partial charge on any atom is -0.240 e. The van der Waals surface area contributed by atoms with Crippen LogP contribution in [-0.2, 0) is 19.9 Å². The molecule has 10 heteroatoms. The van der Waals surface area contributed by atoms with Crippen molar-refractivity contribution >= 4 is 25.9 Å². The number of sulfonamides is 1. The van der Waals surface area contributed by atoms with Gasteiger partial charge in [0.25, 0.3) is 0 Å². The fourth-order valence-corrected chi connectivity index (χ4v) is 5.60. The molecule has 1 aromatic heterocycles. The van der Waals surface area contributed by atoms with Crippen molar-refractivity contribution < 1.29 is 16.8 Å². The predicted molar refractivity (Wildman–Crippen MR) is 137 cm³/mol. The molecule has 4 rings (SSSR count). The number of rotatable bonds is 7. The van der Waals surface area contributed by atoms with Crippen LogP contribution in [0.4, 0.5) is 0 Å². The molecule has 0 fully saturated rings. The summed E-state index contributed by atoms with van der Waals surface area (Å²) in [4.78, 5) is -0.403. The highest BCUT2D eigenvalue weighted by molar-refractivity contribution is 7.95. The Labute approximate surface area is 210 Å². The Morgan fingerprint density at radius 2 is 1.50 bits per heavy atom. The van der Waals surface area contributed by atoms with E-state index in [1.807, 2.05) is 30.3 Å². The van der Waals surface area contributed by atoms with Gasteiger partial charge >= 0.3 is 0 Å². The minimum atomic E-state index is -4.09. The first-order valence-corrected chi connectivity index (χ1v) is 13.7.